The summed E-state index contributed by atoms with van der Waals surface area (Å²) in [6.07, 6.45) is 0. The van der Waals surface area contributed by atoms with Crippen molar-refractivity contribution >= 4 is 39.1 Å². The molecule has 3 nitrogen and oxygen atoms in total. The molecule has 0 aliphatic heterocycles. The van der Waals surface area contributed by atoms with Gasteiger partial charge in [0.2, 0.25) is 0 Å². The van der Waals surface area contributed by atoms with E-state index in [0.29, 0.717) is 17.1 Å². The minimum atomic E-state index is -0.0229. The highest BCUT2D eigenvalue weighted by Gasteiger charge is 2.14. The van der Waals surface area contributed by atoms with Gasteiger partial charge >= 0.3 is 0 Å². The fourth-order valence-corrected chi connectivity index (χ4v) is 3.07. The molecule has 1 heterocycles. The first-order chi connectivity index (χ1) is 10.1. The lowest BCUT2D eigenvalue weighted by atomic mass is 10.1. The summed E-state index contributed by atoms with van der Waals surface area (Å²) < 4.78 is 1.02. The number of benzene rings is 2. The van der Waals surface area contributed by atoms with Crippen LogP contribution in [0, 0.1) is 0 Å². The van der Waals surface area contributed by atoms with Gasteiger partial charge in [-0.15, -0.1) is 11.3 Å². The smallest absolute Gasteiger partial charge is 0.253 e. The number of nitrogens with zero attached hydrogens (tertiary/aromatic N) is 2. The molecule has 0 fully saturated rings. The SMILES string of the molecule is CN(Cc1ccccc1Cl)C(=O)c1ccc2ncsc2c1. The first kappa shape index (κ1) is 14.0. The van der Waals surface area contributed by atoms with E-state index in [0.717, 1.165) is 15.8 Å². The number of hydrogen-bond acceptors (Lipinski definition) is 3. The summed E-state index contributed by atoms with van der Waals surface area (Å²) in [5, 5.41) is 0.676. The predicted molar refractivity (Wildman–Crippen MR) is 86.9 cm³/mol. The monoisotopic (exact) mass is 316 g/mol. The van der Waals surface area contributed by atoms with Crippen LogP contribution in [-0.2, 0) is 6.54 Å². The predicted octanol–water partition coefficient (Wildman–Crippen LogP) is 4.22. The number of amides is 1. The van der Waals surface area contributed by atoms with Gasteiger partial charge in [0, 0.05) is 24.2 Å². The molecule has 1 amide bonds. The van der Waals surface area contributed by atoms with Crippen molar-refractivity contribution in [1.82, 2.24) is 9.88 Å². The van der Waals surface area contributed by atoms with Crippen LogP contribution in [-0.4, -0.2) is 22.8 Å². The van der Waals surface area contributed by atoms with Gasteiger partial charge in [-0.2, -0.15) is 0 Å². The van der Waals surface area contributed by atoms with E-state index in [1.54, 1.807) is 17.5 Å². The molecule has 3 rings (SSSR count). The van der Waals surface area contributed by atoms with Crippen LogP contribution in [0.3, 0.4) is 0 Å². The summed E-state index contributed by atoms with van der Waals surface area (Å²) in [4.78, 5) is 18.4. The normalized spacial score (nSPS) is 10.8. The lowest BCUT2D eigenvalue weighted by Gasteiger charge is -2.18. The topological polar surface area (TPSA) is 33.2 Å². The van der Waals surface area contributed by atoms with E-state index in [9.17, 15) is 4.79 Å². The minimum Gasteiger partial charge on any atom is -0.337 e. The fourth-order valence-electron chi connectivity index (χ4n) is 2.16. The van der Waals surface area contributed by atoms with Crippen LogP contribution in [0.2, 0.25) is 5.02 Å². The number of hydrogen-bond donors (Lipinski definition) is 0. The molecule has 0 N–H and O–H groups in total. The third-order valence-electron chi connectivity index (χ3n) is 3.29. The number of carbonyl (C=O) groups excluding carboxylic acids is 1. The number of carbonyl (C=O) groups is 1. The fraction of sp³-hybridized carbons (Fsp3) is 0.125. The zero-order valence-corrected chi connectivity index (χ0v) is 13.0. The van der Waals surface area contributed by atoms with E-state index >= 15 is 0 Å². The average molecular weight is 317 g/mol. The minimum absolute atomic E-state index is 0.0229. The van der Waals surface area contributed by atoms with Crippen molar-refractivity contribution in [2.45, 2.75) is 6.54 Å². The molecule has 0 aliphatic rings. The molecule has 0 radical (unpaired) electrons. The van der Waals surface area contributed by atoms with E-state index in [1.807, 2.05) is 42.5 Å². The Kier molecular flexibility index (Phi) is 3.90. The first-order valence-electron chi connectivity index (χ1n) is 6.47. The molecule has 0 bridgehead atoms. The summed E-state index contributed by atoms with van der Waals surface area (Å²) in [5.41, 5.74) is 4.31. The van der Waals surface area contributed by atoms with Gasteiger partial charge < -0.3 is 4.90 Å². The maximum atomic E-state index is 12.5. The molecule has 0 unspecified atom stereocenters. The standard InChI is InChI=1S/C16H13ClN2OS/c1-19(9-12-4-2-3-5-13(12)17)16(20)11-6-7-14-15(8-11)21-10-18-14/h2-8,10H,9H2,1H3. The summed E-state index contributed by atoms with van der Waals surface area (Å²) >= 11 is 7.67. The lowest BCUT2D eigenvalue weighted by molar-refractivity contribution is 0.0785. The number of rotatable bonds is 3. The number of fused-ring (bicyclic) bond motifs is 1. The Bertz CT molecular complexity index is 800. The Morgan fingerprint density at radius 1 is 1.29 bits per heavy atom. The maximum absolute atomic E-state index is 12.5. The Hall–Kier alpha value is -1.91. The molecule has 0 aliphatic carbocycles. The Labute approximate surface area is 131 Å². The highest BCUT2D eigenvalue weighted by atomic mass is 35.5. The molecule has 106 valence electrons. The van der Waals surface area contributed by atoms with Crippen LogP contribution < -0.4 is 0 Å². The molecular weight excluding hydrogens is 304 g/mol. The summed E-state index contributed by atoms with van der Waals surface area (Å²) in [5.74, 6) is -0.0229. The van der Waals surface area contributed by atoms with Gasteiger partial charge in [0.05, 0.1) is 15.7 Å². The highest BCUT2D eigenvalue weighted by molar-refractivity contribution is 7.16. The summed E-state index contributed by atoms with van der Waals surface area (Å²) in [6.45, 7) is 0.485. The van der Waals surface area contributed by atoms with Crippen molar-refractivity contribution in [3.8, 4) is 0 Å². The van der Waals surface area contributed by atoms with E-state index in [2.05, 4.69) is 4.98 Å². The van der Waals surface area contributed by atoms with E-state index < -0.39 is 0 Å². The molecule has 0 atom stereocenters. The molecule has 0 saturated carbocycles. The lowest BCUT2D eigenvalue weighted by Crippen LogP contribution is -2.26. The van der Waals surface area contributed by atoms with Gasteiger partial charge in [-0.05, 0) is 29.8 Å². The first-order valence-corrected chi connectivity index (χ1v) is 7.73. The average Bonchev–Trinajstić information content (AvgIpc) is 2.96. The van der Waals surface area contributed by atoms with Crippen molar-refractivity contribution in [2.24, 2.45) is 0 Å². The maximum Gasteiger partial charge on any atom is 0.253 e. The zero-order valence-electron chi connectivity index (χ0n) is 11.4. The molecule has 0 saturated heterocycles. The van der Waals surface area contributed by atoms with Crippen LogP contribution in [0.5, 0.6) is 0 Å². The van der Waals surface area contributed by atoms with Crippen LogP contribution in [0.25, 0.3) is 10.2 Å². The van der Waals surface area contributed by atoms with Gasteiger partial charge in [-0.3, -0.25) is 4.79 Å². The van der Waals surface area contributed by atoms with Crippen molar-refractivity contribution in [3.05, 3.63) is 64.1 Å². The van der Waals surface area contributed by atoms with E-state index in [-0.39, 0.29) is 5.91 Å². The van der Waals surface area contributed by atoms with Crippen molar-refractivity contribution in [3.63, 3.8) is 0 Å². The summed E-state index contributed by atoms with van der Waals surface area (Å²) in [7, 11) is 1.78. The van der Waals surface area contributed by atoms with Gasteiger partial charge in [0.1, 0.15) is 0 Å². The molecule has 5 heteroatoms. The molecule has 2 aromatic carbocycles. The van der Waals surface area contributed by atoms with Gasteiger partial charge in [0.25, 0.3) is 5.91 Å². The molecule has 1 aromatic heterocycles. The summed E-state index contributed by atoms with van der Waals surface area (Å²) in [6, 6.07) is 13.1. The number of aromatic nitrogens is 1. The van der Waals surface area contributed by atoms with Gasteiger partial charge in [0.15, 0.2) is 0 Å². The Morgan fingerprint density at radius 3 is 2.90 bits per heavy atom. The zero-order chi connectivity index (χ0) is 14.8. The second-order valence-corrected chi connectivity index (χ2v) is 6.08. The second-order valence-electron chi connectivity index (χ2n) is 4.79. The molecule has 3 aromatic rings. The number of halogens is 1. The third kappa shape index (κ3) is 2.91. The Balaban J connectivity index is 1.82. The van der Waals surface area contributed by atoms with Crippen LogP contribution in [0.4, 0.5) is 0 Å². The van der Waals surface area contributed by atoms with E-state index in [4.69, 9.17) is 11.6 Å². The third-order valence-corrected chi connectivity index (χ3v) is 4.45. The molecular formula is C16H13ClN2OS. The van der Waals surface area contributed by atoms with E-state index in [1.165, 1.54) is 11.3 Å². The second kappa shape index (κ2) is 5.84. The van der Waals surface area contributed by atoms with Crippen molar-refractivity contribution in [1.29, 1.82) is 0 Å². The van der Waals surface area contributed by atoms with Crippen LogP contribution in [0.1, 0.15) is 15.9 Å². The van der Waals surface area contributed by atoms with Crippen LogP contribution >= 0.6 is 22.9 Å². The number of thiazole rings is 1. The van der Waals surface area contributed by atoms with Gasteiger partial charge in [-0.1, -0.05) is 29.8 Å². The quantitative estimate of drug-likeness (QED) is 0.724. The highest BCUT2D eigenvalue weighted by Crippen LogP contribution is 2.21. The van der Waals surface area contributed by atoms with Crippen molar-refractivity contribution < 1.29 is 4.79 Å². The van der Waals surface area contributed by atoms with Gasteiger partial charge in [-0.25, -0.2) is 4.98 Å². The molecule has 21 heavy (non-hydrogen) atoms. The Morgan fingerprint density at radius 2 is 2.10 bits per heavy atom. The largest absolute Gasteiger partial charge is 0.337 e. The van der Waals surface area contributed by atoms with Crippen molar-refractivity contribution in [2.75, 3.05) is 7.05 Å². The molecule has 0 spiro atoms. The van der Waals surface area contributed by atoms with Crippen LogP contribution in [0.15, 0.2) is 48.0 Å².